The van der Waals surface area contributed by atoms with Crippen LogP contribution in [0.2, 0.25) is 0 Å². The van der Waals surface area contributed by atoms with E-state index in [9.17, 15) is 9.00 Å². The zero-order valence-corrected chi connectivity index (χ0v) is 15.3. The number of carbonyl (C=O) groups excluding carboxylic acids is 1. The molecular weight excluding hydrogens is 340 g/mol. The molecule has 26 heavy (non-hydrogen) atoms. The van der Waals surface area contributed by atoms with Crippen molar-refractivity contribution < 1.29 is 9.00 Å². The van der Waals surface area contributed by atoms with Crippen molar-refractivity contribution >= 4 is 15.7 Å². The van der Waals surface area contributed by atoms with Crippen molar-refractivity contribution in [2.24, 2.45) is 0 Å². The van der Waals surface area contributed by atoms with Gasteiger partial charge < -0.3 is 0 Å². The fourth-order valence-corrected chi connectivity index (χ4v) is 3.61. The smallest absolute Gasteiger partial charge is 0.212 e. The molecule has 0 aliphatic heterocycles. The second-order valence-electron chi connectivity index (χ2n) is 6.11. The molecule has 1 atom stereocenters. The lowest BCUT2D eigenvalue weighted by Gasteiger charge is -2.04. The molecule has 128 valence electrons. The van der Waals surface area contributed by atoms with E-state index in [1.165, 1.54) is 0 Å². The first-order valence-electron chi connectivity index (χ1n) is 8.27. The third kappa shape index (κ3) is 4.78. The molecule has 0 aliphatic rings. The van der Waals surface area contributed by atoms with Crippen molar-refractivity contribution in [2.75, 3.05) is 12.0 Å². The Kier molecular flexibility index (Phi) is 5.46. The Morgan fingerprint density at radius 1 is 0.808 bits per heavy atom. The van der Waals surface area contributed by atoms with E-state index >= 15 is 0 Å². The summed E-state index contributed by atoms with van der Waals surface area (Å²) in [5, 5.41) is 2.77. The van der Waals surface area contributed by atoms with E-state index in [1.54, 1.807) is 18.4 Å². The van der Waals surface area contributed by atoms with Crippen LogP contribution in [0.1, 0.15) is 15.9 Å². The van der Waals surface area contributed by atoms with Gasteiger partial charge in [0.15, 0.2) is 20.9 Å². The molecule has 0 spiro atoms. The Bertz CT molecular complexity index is 995. The van der Waals surface area contributed by atoms with Crippen LogP contribution in [0.15, 0.2) is 84.9 Å². The van der Waals surface area contributed by atoms with E-state index in [-0.39, 0.29) is 11.5 Å². The molecule has 0 aromatic heterocycles. The van der Waals surface area contributed by atoms with E-state index in [0.717, 1.165) is 16.7 Å². The number of hydrogen-bond acceptors (Lipinski definition) is 2. The molecule has 2 nitrogen and oxygen atoms in total. The lowest BCUT2D eigenvalue weighted by molar-refractivity contribution is 0.102. The summed E-state index contributed by atoms with van der Waals surface area (Å²) in [5.74, 6) is 2.67. The summed E-state index contributed by atoms with van der Waals surface area (Å²) >= 11 is 0. The summed E-state index contributed by atoms with van der Waals surface area (Å²) in [4.78, 5) is 12.5. The summed E-state index contributed by atoms with van der Waals surface area (Å²) in [5.41, 5.74) is 3.49. The minimum Gasteiger partial charge on any atom is -0.289 e. The Balaban J connectivity index is 1.71. The van der Waals surface area contributed by atoms with E-state index in [1.807, 2.05) is 72.8 Å². The highest BCUT2D eigenvalue weighted by Gasteiger charge is 2.24. The average Bonchev–Trinajstić information content (AvgIpc) is 2.68. The molecule has 3 aromatic rings. The van der Waals surface area contributed by atoms with Crippen LogP contribution < -0.4 is 0 Å². The van der Waals surface area contributed by atoms with Gasteiger partial charge in [0, 0.05) is 11.1 Å². The third-order valence-electron chi connectivity index (χ3n) is 3.91. The molecule has 0 aliphatic carbocycles. The minimum absolute atomic E-state index is 0.0719. The Hall–Kier alpha value is -2.96. The molecule has 0 saturated carbocycles. The number of carbonyl (C=O) groups is 1. The van der Waals surface area contributed by atoms with Gasteiger partial charge in [-0.15, -0.1) is 0 Å². The van der Waals surface area contributed by atoms with E-state index in [0.29, 0.717) is 5.56 Å². The topological polar surface area (TPSA) is 34.1 Å². The van der Waals surface area contributed by atoms with Crippen molar-refractivity contribution in [1.29, 1.82) is 0 Å². The predicted molar refractivity (Wildman–Crippen MR) is 108 cm³/mol. The van der Waals surface area contributed by atoms with Crippen molar-refractivity contribution in [2.45, 2.75) is 0 Å². The molecular formula is C23H19O2S+. The standard InChI is InChI=1S/C23H19O2S/c1-26(25,17-16-19-8-4-2-5-9-19)18-23(24)22-14-12-21(13-15-22)20-10-6-3-7-11-20/h2-15H,18H2,1H3/q+1. The van der Waals surface area contributed by atoms with Crippen LogP contribution in [0.4, 0.5) is 0 Å². The molecule has 0 saturated heterocycles. The maximum absolute atomic E-state index is 12.6. The number of rotatable bonds is 4. The first-order valence-corrected chi connectivity index (χ1v) is 10.4. The van der Waals surface area contributed by atoms with Gasteiger partial charge in [-0.1, -0.05) is 77.0 Å². The van der Waals surface area contributed by atoms with Gasteiger partial charge in [0.25, 0.3) is 0 Å². The lowest BCUT2D eigenvalue weighted by Crippen LogP contribution is -2.19. The molecule has 0 heterocycles. The number of Topliss-reactive ketones (excluding diaryl/α,β-unsaturated/α-hetero) is 1. The zero-order chi connectivity index (χ0) is 18.4. The minimum atomic E-state index is -2.55. The summed E-state index contributed by atoms with van der Waals surface area (Å²) in [6.07, 6.45) is 1.54. The zero-order valence-electron chi connectivity index (χ0n) is 14.5. The first kappa shape index (κ1) is 17.8. The Labute approximate surface area is 155 Å². The largest absolute Gasteiger partial charge is 0.289 e. The molecule has 1 unspecified atom stereocenters. The fraction of sp³-hybridized carbons (Fsp3) is 0.0870. The van der Waals surface area contributed by atoms with Crippen molar-refractivity contribution in [3.8, 4) is 22.3 Å². The number of ketones is 1. The molecule has 0 fully saturated rings. The molecule has 3 rings (SSSR count). The van der Waals surface area contributed by atoms with Gasteiger partial charge in [0.1, 0.15) is 6.26 Å². The van der Waals surface area contributed by atoms with Gasteiger partial charge in [-0.2, -0.15) is 0 Å². The normalized spacial score (nSPS) is 12.5. The third-order valence-corrected chi connectivity index (χ3v) is 5.25. The monoisotopic (exact) mass is 359 g/mol. The SMILES string of the molecule is C[S+](=O)(C#Cc1ccccc1)CC(=O)c1ccc(-c2ccccc2)cc1. The summed E-state index contributed by atoms with van der Waals surface area (Å²) in [6, 6.07) is 26.7. The highest BCUT2D eigenvalue weighted by atomic mass is 32.2. The van der Waals surface area contributed by atoms with E-state index in [4.69, 9.17) is 0 Å². The van der Waals surface area contributed by atoms with E-state index in [2.05, 4.69) is 11.2 Å². The molecule has 3 heteroatoms. The van der Waals surface area contributed by atoms with Crippen LogP contribution in [0.25, 0.3) is 11.1 Å². The van der Waals surface area contributed by atoms with Gasteiger partial charge in [0.05, 0.1) is 0 Å². The maximum atomic E-state index is 12.6. The average molecular weight is 359 g/mol. The van der Waals surface area contributed by atoms with Crippen LogP contribution in [-0.2, 0) is 14.1 Å². The van der Waals surface area contributed by atoms with Crippen LogP contribution >= 0.6 is 0 Å². The first-order chi connectivity index (χ1) is 12.5. The molecule has 0 N–H and O–H groups in total. The quantitative estimate of drug-likeness (QED) is 0.385. The predicted octanol–water partition coefficient (Wildman–Crippen LogP) is 4.67. The second-order valence-corrected chi connectivity index (χ2v) is 8.61. The van der Waals surface area contributed by atoms with E-state index < -0.39 is 9.93 Å². The molecule has 3 aromatic carbocycles. The molecule has 0 bridgehead atoms. The van der Waals surface area contributed by atoms with Gasteiger partial charge >= 0.3 is 0 Å². The number of benzene rings is 3. The van der Waals surface area contributed by atoms with Crippen LogP contribution in [0.5, 0.6) is 0 Å². The Morgan fingerprint density at radius 3 is 1.96 bits per heavy atom. The van der Waals surface area contributed by atoms with Crippen molar-refractivity contribution in [1.82, 2.24) is 0 Å². The summed E-state index contributed by atoms with van der Waals surface area (Å²) < 4.78 is 12.6. The van der Waals surface area contributed by atoms with Crippen molar-refractivity contribution in [3.05, 3.63) is 96.1 Å². The van der Waals surface area contributed by atoms with Gasteiger partial charge in [-0.3, -0.25) is 4.79 Å². The van der Waals surface area contributed by atoms with Gasteiger partial charge in [-0.05, 0) is 29.2 Å². The molecule has 0 amide bonds. The summed E-state index contributed by atoms with van der Waals surface area (Å²) in [7, 11) is -2.55. The molecule has 0 radical (unpaired) electrons. The fourth-order valence-electron chi connectivity index (χ4n) is 2.54. The second kappa shape index (κ2) is 7.95. The number of hydrogen-bond donors (Lipinski definition) is 0. The van der Waals surface area contributed by atoms with Crippen molar-refractivity contribution in [3.63, 3.8) is 0 Å². The highest BCUT2D eigenvalue weighted by Crippen LogP contribution is 2.19. The van der Waals surface area contributed by atoms with Gasteiger partial charge in [0.2, 0.25) is 5.78 Å². The highest BCUT2D eigenvalue weighted by molar-refractivity contribution is 8.07. The Morgan fingerprint density at radius 2 is 1.35 bits per heavy atom. The van der Waals surface area contributed by atoms with Gasteiger partial charge in [-0.25, -0.2) is 0 Å². The van der Waals surface area contributed by atoms with Crippen LogP contribution in [0, 0.1) is 11.2 Å². The summed E-state index contributed by atoms with van der Waals surface area (Å²) in [6.45, 7) is 0. The lowest BCUT2D eigenvalue weighted by atomic mass is 10.0. The van der Waals surface area contributed by atoms with Crippen LogP contribution in [-0.4, -0.2) is 17.8 Å². The maximum Gasteiger partial charge on any atom is 0.212 e. The van der Waals surface area contributed by atoms with Crippen LogP contribution in [0.3, 0.4) is 0 Å².